The van der Waals surface area contributed by atoms with E-state index in [1.54, 1.807) is 52.1 Å². The number of carbonyl (C=O) groups excluding carboxylic acids is 2. The first-order valence-corrected chi connectivity index (χ1v) is 8.63. The first-order valence-electron chi connectivity index (χ1n) is 8.63. The topological polar surface area (TPSA) is 85.1 Å². The van der Waals surface area contributed by atoms with E-state index in [4.69, 9.17) is 15.2 Å². The van der Waals surface area contributed by atoms with E-state index in [-0.39, 0.29) is 0 Å². The molecular formula is C19H31N3O4. The summed E-state index contributed by atoms with van der Waals surface area (Å²) in [5.41, 5.74) is 6.20. The Morgan fingerprint density at radius 1 is 1.08 bits per heavy atom. The van der Waals surface area contributed by atoms with Crippen LogP contribution in [0.2, 0.25) is 0 Å². The van der Waals surface area contributed by atoms with Crippen LogP contribution in [0.25, 0.3) is 0 Å². The third kappa shape index (κ3) is 8.31. The Balaban J connectivity index is 2.55. The lowest BCUT2D eigenvalue weighted by atomic mass is 10.1. The van der Waals surface area contributed by atoms with Gasteiger partial charge in [-0.15, -0.1) is 0 Å². The largest absolute Gasteiger partial charge is 0.459 e. The highest BCUT2D eigenvalue weighted by atomic mass is 16.6. The van der Waals surface area contributed by atoms with Crippen molar-refractivity contribution < 1.29 is 19.1 Å². The van der Waals surface area contributed by atoms with E-state index >= 15 is 0 Å². The van der Waals surface area contributed by atoms with Gasteiger partial charge in [-0.3, -0.25) is 4.79 Å². The van der Waals surface area contributed by atoms with E-state index in [1.807, 2.05) is 19.0 Å². The number of nitrogens with two attached hydrogens (primary N) is 1. The quantitative estimate of drug-likeness (QED) is 0.743. The Morgan fingerprint density at radius 2 is 1.65 bits per heavy atom. The molecule has 1 aromatic carbocycles. The second-order valence-corrected chi connectivity index (χ2v) is 7.58. The van der Waals surface area contributed by atoms with E-state index in [9.17, 15) is 9.59 Å². The maximum Gasteiger partial charge on any atom is 0.415 e. The molecule has 0 fully saturated rings. The van der Waals surface area contributed by atoms with E-state index < -0.39 is 23.7 Å². The number of rotatable bonds is 7. The highest BCUT2D eigenvalue weighted by molar-refractivity contribution is 5.76. The molecule has 7 nitrogen and oxygen atoms in total. The summed E-state index contributed by atoms with van der Waals surface area (Å²) in [4.78, 5) is 27.5. The SMILES string of the molecule is CN(C)CCN(C)C(=O)Oc1ccc(CC(N)C(=O)OC(C)(C)C)cc1. The zero-order valence-electron chi connectivity index (χ0n) is 16.6. The smallest absolute Gasteiger partial charge is 0.415 e. The highest BCUT2D eigenvalue weighted by Crippen LogP contribution is 2.15. The van der Waals surface area contributed by atoms with Crippen molar-refractivity contribution in [2.24, 2.45) is 5.73 Å². The van der Waals surface area contributed by atoms with Gasteiger partial charge < -0.3 is 25.0 Å². The number of hydrogen-bond acceptors (Lipinski definition) is 6. The van der Waals surface area contributed by atoms with Crippen molar-refractivity contribution in [2.45, 2.75) is 38.8 Å². The standard InChI is InChI=1S/C19H31N3O4/c1-19(2,3)26-17(23)16(20)13-14-7-9-15(10-8-14)25-18(24)22(6)12-11-21(4)5/h7-10,16H,11-13,20H2,1-6H3. The van der Waals surface area contributed by atoms with E-state index in [2.05, 4.69) is 0 Å². The van der Waals surface area contributed by atoms with Gasteiger partial charge in [0.1, 0.15) is 17.4 Å². The van der Waals surface area contributed by atoms with E-state index in [1.165, 1.54) is 4.90 Å². The zero-order chi connectivity index (χ0) is 19.9. The van der Waals surface area contributed by atoms with E-state index in [0.717, 1.165) is 12.1 Å². The third-order valence-corrected chi connectivity index (χ3v) is 3.49. The van der Waals surface area contributed by atoms with Crippen molar-refractivity contribution in [3.63, 3.8) is 0 Å². The minimum atomic E-state index is -0.736. The lowest BCUT2D eigenvalue weighted by Gasteiger charge is -2.22. The Kier molecular flexibility index (Phi) is 8.05. The fraction of sp³-hybridized carbons (Fsp3) is 0.579. The molecule has 146 valence electrons. The number of nitrogens with zero attached hydrogens (tertiary/aromatic N) is 2. The van der Waals surface area contributed by atoms with Crippen LogP contribution in [0.15, 0.2) is 24.3 Å². The minimum absolute atomic E-state index is 0.353. The lowest BCUT2D eigenvalue weighted by molar-refractivity contribution is -0.156. The maximum absolute atomic E-state index is 12.0. The van der Waals surface area contributed by atoms with Crippen LogP contribution < -0.4 is 10.5 Å². The molecule has 0 heterocycles. The van der Waals surface area contributed by atoms with Crippen LogP contribution in [-0.2, 0) is 16.0 Å². The molecule has 0 aliphatic heterocycles. The number of benzene rings is 1. The normalized spacial score (nSPS) is 12.6. The second-order valence-electron chi connectivity index (χ2n) is 7.58. The van der Waals surface area contributed by atoms with Gasteiger partial charge in [-0.1, -0.05) is 12.1 Å². The van der Waals surface area contributed by atoms with E-state index in [0.29, 0.717) is 18.7 Å². The molecule has 7 heteroatoms. The van der Waals surface area contributed by atoms with Gasteiger partial charge in [-0.25, -0.2) is 4.79 Å². The first kappa shape index (κ1) is 21.9. The molecule has 0 aromatic heterocycles. The summed E-state index contributed by atoms with van der Waals surface area (Å²) in [6.07, 6.45) is -0.0589. The van der Waals surface area contributed by atoms with Gasteiger partial charge in [0.2, 0.25) is 0 Å². The van der Waals surface area contributed by atoms with Crippen molar-refractivity contribution >= 4 is 12.1 Å². The summed E-state index contributed by atoms with van der Waals surface area (Å²) >= 11 is 0. The summed E-state index contributed by atoms with van der Waals surface area (Å²) in [5.74, 6) is 0.0109. The minimum Gasteiger partial charge on any atom is -0.459 e. The summed E-state index contributed by atoms with van der Waals surface area (Å²) < 4.78 is 10.6. The Bertz CT molecular complexity index is 594. The average molecular weight is 365 g/mol. The van der Waals surface area contributed by atoms with Gasteiger partial charge in [-0.2, -0.15) is 0 Å². The lowest BCUT2D eigenvalue weighted by Crippen LogP contribution is -2.38. The molecule has 1 unspecified atom stereocenters. The molecule has 0 spiro atoms. The number of amides is 1. The van der Waals surface area contributed by atoms with Crippen LogP contribution in [0, 0.1) is 0 Å². The van der Waals surface area contributed by atoms with Crippen LogP contribution >= 0.6 is 0 Å². The summed E-state index contributed by atoms with van der Waals surface area (Å²) in [6, 6.07) is 6.21. The molecule has 0 aliphatic rings. The third-order valence-electron chi connectivity index (χ3n) is 3.49. The molecule has 1 amide bonds. The summed E-state index contributed by atoms with van der Waals surface area (Å²) in [6.45, 7) is 6.74. The monoisotopic (exact) mass is 365 g/mol. The van der Waals surface area contributed by atoms with Gasteiger partial charge in [0.25, 0.3) is 0 Å². The Morgan fingerprint density at radius 3 is 2.15 bits per heavy atom. The fourth-order valence-electron chi connectivity index (χ4n) is 2.03. The van der Waals surface area contributed by atoms with Gasteiger partial charge in [0.15, 0.2) is 0 Å². The molecule has 0 saturated carbocycles. The molecule has 0 saturated heterocycles. The summed E-state index contributed by atoms with van der Waals surface area (Å²) in [5, 5.41) is 0. The predicted octanol–water partition coefficient (Wildman–Crippen LogP) is 1.89. The van der Waals surface area contributed by atoms with Crippen LogP contribution in [0.5, 0.6) is 5.75 Å². The van der Waals surface area contributed by atoms with Crippen molar-refractivity contribution in [3.8, 4) is 5.75 Å². The van der Waals surface area contributed by atoms with Gasteiger partial charge in [0.05, 0.1) is 0 Å². The molecule has 26 heavy (non-hydrogen) atoms. The number of likely N-dealkylation sites (N-methyl/N-ethyl adjacent to an activating group) is 2. The average Bonchev–Trinajstić information content (AvgIpc) is 2.52. The molecular weight excluding hydrogens is 334 g/mol. The molecule has 0 aliphatic carbocycles. The molecule has 1 aromatic rings. The highest BCUT2D eigenvalue weighted by Gasteiger charge is 2.22. The van der Waals surface area contributed by atoms with Gasteiger partial charge >= 0.3 is 12.1 Å². The van der Waals surface area contributed by atoms with Crippen LogP contribution in [0.1, 0.15) is 26.3 Å². The van der Waals surface area contributed by atoms with Crippen LogP contribution in [-0.4, -0.2) is 67.7 Å². The van der Waals surface area contributed by atoms with Gasteiger partial charge in [0, 0.05) is 20.1 Å². The second kappa shape index (κ2) is 9.54. The fourth-order valence-corrected chi connectivity index (χ4v) is 2.03. The Hall–Kier alpha value is -2.12. The van der Waals surface area contributed by atoms with Crippen molar-refractivity contribution in [3.05, 3.63) is 29.8 Å². The molecule has 2 N–H and O–H groups in total. The number of ether oxygens (including phenoxy) is 2. The van der Waals surface area contributed by atoms with Crippen LogP contribution in [0.3, 0.4) is 0 Å². The number of carbonyl (C=O) groups is 2. The molecule has 0 bridgehead atoms. The first-order chi connectivity index (χ1) is 12.0. The van der Waals surface area contributed by atoms with Crippen molar-refractivity contribution in [1.29, 1.82) is 0 Å². The molecule has 1 rings (SSSR count). The zero-order valence-corrected chi connectivity index (χ0v) is 16.6. The van der Waals surface area contributed by atoms with Crippen LogP contribution in [0.4, 0.5) is 4.79 Å². The maximum atomic E-state index is 12.0. The molecule has 1 atom stereocenters. The van der Waals surface area contributed by atoms with Crippen molar-refractivity contribution in [1.82, 2.24) is 9.80 Å². The molecule has 0 radical (unpaired) electrons. The number of esters is 1. The number of hydrogen-bond donors (Lipinski definition) is 1. The summed E-state index contributed by atoms with van der Waals surface area (Å²) in [7, 11) is 5.58. The van der Waals surface area contributed by atoms with Gasteiger partial charge in [-0.05, 0) is 59.0 Å². The Labute approximate surface area is 156 Å². The predicted molar refractivity (Wildman–Crippen MR) is 101 cm³/mol. The van der Waals surface area contributed by atoms with Crippen molar-refractivity contribution in [2.75, 3.05) is 34.2 Å².